The van der Waals surface area contributed by atoms with Crippen LogP contribution in [0.3, 0.4) is 0 Å². The molecule has 0 aliphatic rings. The van der Waals surface area contributed by atoms with Crippen molar-refractivity contribution in [2.75, 3.05) is 0 Å². The lowest BCUT2D eigenvalue weighted by Gasteiger charge is -1.97. The second kappa shape index (κ2) is 3.38. The van der Waals surface area contributed by atoms with Gasteiger partial charge in [-0.25, -0.2) is 14.3 Å². The maximum atomic E-state index is 12.9. The van der Waals surface area contributed by atoms with Crippen molar-refractivity contribution in [3.63, 3.8) is 0 Å². The number of hydrogen-bond donors (Lipinski definition) is 2. The van der Waals surface area contributed by atoms with E-state index in [4.69, 9.17) is 0 Å². The Morgan fingerprint density at radius 1 is 1.43 bits per heavy atom. The summed E-state index contributed by atoms with van der Waals surface area (Å²) < 4.78 is 13.2. The first-order valence-corrected chi connectivity index (χ1v) is 4.56. The molecule has 0 saturated carbocycles. The van der Waals surface area contributed by atoms with Gasteiger partial charge in [0.2, 0.25) is 0 Å². The summed E-state index contributed by atoms with van der Waals surface area (Å²) in [6, 6.07) is 4.38. The molecular weight excluding hydrogens is 253 g/mol. The maximum Gasteiger partial charge on any atom is 0.340 e. The minimum absolute atomic E-state index is 0.332. The second-order valence-corrected chi connectivity index (χ2v) is 3.51. The number of nitrogens with zero attached hydrogens (tertiary/aromatic N) is 1. The summed E-state index contributed by atoms with van der Waals surface area (Å²) in [6.45, 7) is 0. The first kappa shape index (κ1) is 9.14. The van der Waals surface area contributed by atoms with E-state index >= 15 is 0 Å². The average molecular weight is 258 g/mol. The van der Waals surface area contributed by atoms with Crippen LogP contribution in [-0.2, 0) is 0 Å². The number of H-pyrrole nitrogens is 2. The van der Waals surface area contributed by atoms with Crippen molar-refractivity contribution < 1.29 is 4.39 Å². The van der Waals surface area contributed by atoms with Crippen molar-refractivity contribution in [1.29, 1.82) is 0 Å². The van der Waals surface area contributed by atoms with Gasteiger partial charge in [0.1, 0.15) is 5.82 Å². The molecule has 6 heteroatoms. The van der Waals surface area contributed by atoms with Crippen molar-refractivity contribution in [2.45, 2.75) is 0 Å². The lowest BCUT2D eigenvalue weighted by atomic mass is 10.2. The van der Waals surface area contributed by atoms with Crippen LogP contribution >= 0.6 is 15.9 Å². The van der Waals surface area contributed by atoms with Gasteiger partial charge in [-0.05, 0) is 34.1 Å². The van der Waals surface area contributed by atoms with E-state index in [2.05, 4.69) is 31.1 Å². The largest absolute Gasteiger partial charge is 0.340 e. The van der Waals surface area contributed by atoms with E-state index in [1.807, 2.05) is 0 Å². The molecule has 1 heterocycles. The molecule has 0 spiro atoms. The summed E-state index contributed by atoms with van der Waals surface area (Å²) in [4.78, 5) is 13.2. The molecule has 72 valence electrons. The highest BCUT2D eigenvalue weighted by atomic mass is 79.9. The molecule has 2 aromatic rings. The molecule has 0 atom stereocenters. The second-order valence-electron chi connectivity index (χ2n) is 2.66. The molecule has 14 heavy (non-hydrogen) atoms. The summed E-state index contributed by atoms with van der Waals surface area (Å²) in [7, 11) is 0. The van der Waals surface area contributed by atoms with Crippen LogP contribution in [0.15, 0.2) is 27.5 Å². The van der Waals surface area contributed by atoms with Gasteiger partial charge < -0.3 is 0 Å². The summed E-state index contributed by atoms with van der Waals surface area (Å²) in [5, 5.41) is 5.95. The maximum absolute atomic E-state index is 12.9. The number of aromatic amines is 2. The predicted octanol–water partition coefficient (Wildman–Crippen LogP) is 1.67. The van der Waals surface area contributed by atoms with Gasteiger partial charge in [-0.3, -0.25) is 4.98 Å². The Bertz CT molecular complexity index is 519. The van der Waals surface area contributed by atoms with Crippen LogP contribution in [0.4, 0.5) is 4.39 Å². The third-order valence-corrected chi connectivity index (χ3v) is 2.30. The molecule has 0 radical (unpaired) electrons. The highest BCUT2D eigenvalue weighted by Crippen LogP contribution is 2.21. The number of aromatic nitrogens is 3. The highest BCUT2D eigenvalue weighted by Gasteiger charge is 2.05. The van der Waals surface area contributed by atoms with E-state index in [1.165, 1.54) is 12.1 Å². The molecule has 0 unspecified atom stereocenters. The van der Waals surface area contributed by atoms with Gasteiger partial charge in [0.05, 0.1) is 4.47 Å². The van der Waals surface area contributed by atoms with E-state index in [0.717, 1.165) is 0 Å². The van der Waals surface area contributed by atoms with Crippen LogP contribution in [0, 0.1) is 5.82 Å². The molecule has 0 aliphatic heterocycles. The quantitative estimate of drug-likeness (QED) is 0.817. The average Bonchev–Trinajstić information content (AvgIpc) is 2.57. The molecule has 2 N–H and O–H groups in total. The number of hydrogen-bond acceptors (Lipinski definition) is 2. The van der Waals surface area contributed by atoms with E-state index < -0.39 is 0 Å². The smallest absolute Gasteiger partial charge is 0.289 e. The van der Waals surface area contributed by atoms with Crippen LogP contribution in [0.5, 0.6) is 0 Å². The zero-order chi connectivity index (χ0) is 10.1. The lowest BCUT2D eigenvalue weighted by molar-refractivity contribution is 0.621. The Labute approximate surface area is 86.3 Å². The molecule has 1 aromatic heterocycles. The molecule has 0 aliphatic carbocycles. The fraction of sp³-hybridized carbons (Fsp3) is 0. The van der Waals surface area contributed by atoms with Gasteiger partial charge in [0.25, 0.3) is 0 Å². The molecule has 0 saturated heterocycles. The van der Waals surface area contributed by atoms with Gasteiger partial charge in [-0.1, -0.05) is 0 Å². The number of rotatable bonds is 1. The minimum atomic E-state index is -0.388. The highest BCUT2D eigenvalue weighted by molar-refractivity contribution is 9.10. The number of halogens is 2. The number of nitrogens with one attached hydrogen (secondary N) is 2. The van der Waals surface area contributed by atoms with Crippen LogP contribution in [-0.4, -0.2) is 15.2 Å². The van der Waals surface area contributed by atoms with Crippen molar-refractivity contribution >= 4 is 15.9 Å². The van der Waals surface area contributed by atoms with E-state index in [1.54, 1.807) is 6.07 Å². The van der Waals surface area contributed by atoms with Gasteiger partial charge in [-0.2, -0.15) is 5.10 Å². The monoisotopic (exact) mass is 257 g/mol. The van der Waals surface area contributed by atoms with Gasteiger partial charge >= 0.3 is 5.69 Å². The van der Waals surface area contributed by atoms with Crippen molar-refractivity contribution in [3.05, 3.63) is 39.0 Å². The Balaban J connectivity index is 2.52. The predicted molar refractivity (Wildman–Crippen MR) is 52.3 cm³/mol. The molecule has 4 nitrogen and oxygen atoms in total. The molecule has 0 fully saturated rings. The third kappa shape index (κ3) is 1.60. The molecule has 1 aromatic carbocycles. The molecule has 0 bridgehead atoms. The molecular formula is C8H5BrFN3O. The summed E-state index contributed by atoms with van der Waals surface area (Å²) in [5.41, 5.74) is 0.247. The fourth-order valence-corrected chi connectivity index (χ4v) is 1.43. The Morgan fingerprint density at radius 2 is 2.21 bits per heavy atom. The molecule has 2 rings (SSSR count). The zero-order valence-corrected chi connectivity index (χ0v) is 8.43. The topological polar surface area (TPSA) is 61.5 Å². The van der Waals surface area contributed by atoms with E-state index in [0.29, 0.717) is 15.9 Å². The van der Waals surface area contributed by atoms with Crippen LogP contribution in [0.25, 0.3) is 11.4 Å². The first-order chi connectivity index (χ1) is 6.66. The summed E-state index contributed by atoms with van der Waals surface area (Å²) >= 11 is 3.05. The van der Waals surface area contributed by atoms with Crippen LogP contribution in [0.2, 0.25) is 0 Å². The Morgan fingerprint density at radius 3 is 2.79 bits per heavy atom. The van der Waals surface area contributed by atoms with E-state index in [9.17, 15) is 9.18 Å². The van der Waals surface area contributed by atoms with Crippen molar-refractivity contribution in [2.24, 2.45) is 0 Å². The van der Waals surface area contributed by atoms with Crippen molar-refractivity contribution in [3.8, 4) is 11.4 Å². The fourth-order valence-electron chi connectivity index (χ4n) is 1.05. The van der Waals surface area contributed by atoms with Gasteiger partial charge in [0, 0.05) is 5.56 Å². The van der Waals surface area contributed by atoms with E-state index in [-0.39, 0.29) is 11.5 Å². The standard InChI is InChI=1S/C8H5BrFN3O/c9-5-3-4(1-2-6(5)10)7-11-8(14)13-12-7/h1-3H,(H2,11,12,13,14). The van der Waals surface area contributed by atoms with Crippen molar-refractivity contribution in [1.82, 2.24) is 15.2 Å². The summed E-state index contributed by atoms with van der Waals surface area (Å²) in [5.74, 6) is 0.0299. The zero-order valence-electron chi connectivity index (χ0n) is 6.84. The minimum Gasteiger partial charge on any atom is -0.289 e. The summed E-state index contributed by atoms with van der Waals surface area (Å²) in [6.07, 6.45) is 0. The van der Waals surface area contributed by atoms with Crippen LogP contribution < -0.4 is 5.69 Å². The lowest BCUT2D eigenvalue weighted by Crippen LogP contribution is -2.00. The normalized spacial score (nSPS) is 10.4. The number of benzene rings is 1. The Kier molecular flexibility index (Phi) is 2.20. The SMILES string of the molecule is O=c1[nH]nc(-c2ccc(F)c(Br)c2)[nH]1. The molecule has 0 amide bonds. The third-order valence-electron chi connectivity index (χ3n) is 1.69. The first-order valence-electron chi connectivity index (χ1n) is 3.77. The Hall–Kier alpha value is -1.43. The van der Waals surface area contributed by atoms with Gasteiger partial charge in [0.15, 0.2) is 5.82 Å². The van der Waals surface area contributed by atoms with Crippen LogP contribution in [0.1, 0.15) is 0 Å². The van der Waals surface area contributed by atoms with Gasteiger partial charge in [-0.15, -0.1) is 0 Å².